The van der Waals surface area contributed by atoms with Gasteiger partial charge in [-0.25, -0.2) is 0 Å². The second-order valence-electron chi connectivity index (χ2n) is 4.09. The summed E-state index contributed by atoms with van der Waals surface area (Å²) in [7, 11) is 0. The van der Waals surface area contributed by atoms with Crippen molar-refractivity contribution in [2.24, 2.45) is 0 Å². The van der Waals surface area contributed by atoms with Crippen molar-refractivity contribution in [3.63, 3.8) is 0 Å². The predicted molar refractivity (Wildman–Crippen MR) is 71.1 cm³/mol. The van der Waals surface area contributed by atoms with Crippen LogP contribution in [0.3, 0.4) is 0 Å². The molecular formula is C12H15ClN4O. The average molecular weight is 267 g/mol. The Hall–Kier alpha value is -1.75. The van der Waals surface area contributed by atoms with E-state index in [9.17, 15) is 4.79 Å². The first-order chi connectivity index (χ1) is 8.52. The molecule has 0 aliphatic rings. The molecule has 0 unspecified atom stereocenters. The highest BCUT2D eigenvalue weighted by atomic mass is 35.5. The van der Waals surface area contributed by atoms with E-state index >= 15 is 0 Å². The number of aromatic nitrogens is 3. The van der Waals surface area contributed by atoms with E-state index in [1.807, 2.05) is 25.3 Å². The number of carbonyl (C=O) groups is 1. The lowest BCUT2D eigenvalue weighted by Crippen LogP contribution is -2.17. The molecule has 18 heavy (non-hydrogen) atoms. The van der Waals surface area contributed by atoms with E-state index in [1.54, 1.807) is 12.3 Å². The van der Waals surface area contributed by atoms with Gasteiger partial charge in [0.25, 0.3) is 5.91 Å². The molecule has 0 spiro atoms. The van der Waals surface area contributed by atoms with Crippen LogP contribution in [0.15, 0.2) is 12.3 Å². The maximum atomic E-state index is 12.2. The highest BCUT2D eigenvalue weighted by Gasteiger charge is 2.15. The van der Waals surface area contributed by atoms with Crippen molar-refractivity contribution in [2.45, 2.75) is 27.3 Å². The maximum Gasteiger partial charge on any atom is 0.272 e. The molecule has 0 aliphatic carbocycles. The second kappa shape index (κ2) is 4.86. The van der Waals surface area contributed by atoms with Crippen molar-refractivity contribution < 1.29 is 4.79 Å². The van der Waals surface area contributed by atoms with Crippen LogP contribution in [0.2, 0.25) is 5.02 Å². The largest absolute Gasteiger partial charge is 0.342 e. The van der Waals surface area contributed by atoms with E-state index < -0.39 is 0 Å². The summed E-state index contributed by atoms with van der Waals surface area (Å²) in [6.07, 6.45) is 1.74. The number of amides is 1. The molecule has 5 nitrogen and oxygen atoms in total. The molecule has 2 heterocycles. The predicted octanol–water partition coefficient (Wildman–Crippen LogP) is 2.75. The van der Waals surface area contributed by atoms with E-state index in [4.69, 9.17) is 11.6 Å². The first kappa shape index (κ1) is 12.7. The van der Waals surface area contributed by atoms with Crippen LogP contribution in [-0.4, -0.2) is 20.7 Å². The number of H-pyrrole nitrogens is 1. The minimum absolute atomic E-state index is 0.184. The van der Waals surface area contributed by atoms with Crippen LogP contribution in [0.1, 0.15) is 28.8 Å². The third-order valence-corrected chi connectivity index (χ3v) is 3.01. The Balaban J connectivity index is 2.27. The summed E-state index contributed by atoms with van der Waals surface area (Å²) in [5.74, 6) is -0.184. The van der Waals surface area contributed by atoms with E-state index in [1.165, 1.54) is 0 Å². The maximum absolute atomic E-state index is 12.2. The number of aromatic amines is 1. The Bertz CT molecular complexity index is 565. The van der Waals surface area contributed by atoms with Gasteiger partial charge in [0.05, 0.1) is 22.1 Å². The van der Waals surface area contributed by atoms with Crippen molar-refractivity contribution in [3.05, 3.63) is 34.4 Å². The normalized spacial score (nSPS) is 10.7. The molecule has 96 valence electrons. The number of carbonyl (C=O) groups excluding carboxylic acids is 1. The van der Waals surface area contributed by atoms with Crippen molar-refractivity contribution in [1.82, 2.24) is 14.8 Å². The van der Waals surface area contributed by atoms with E-state index in [0.29, 0.717) is 17.3 Å². The van der Waals surface area contributed by atoms with E-state index in [0.717, 1.165) is 17.1 Å². The summed E-state index contributed by atoms with van der Waals surface area (Å²) in [5, 5.41) is 10.3. The summed E-state index contributed by atoms with van der Waals surface area (Å²) in [5.41, 5.74) is 2.87. The molecule has 0 saturated heterocycles. The Morgan fingerprint density at radius 3 is 2.83 bits per heavy atom. The van der Waals surface area contributed by atoms with Crippen molar-refractivity contribution in [1.29, 1.82) is 0 Å². The van der Waals surface area contributed by atoms with Gasteiger partial charge in [0.15, 0.2) is 0 Å². The smallest absolute Gasteiger partial charge is 0.272 e. The van der Waals surface area contributed by atoms with Gasteiger partial charge in [-0.3, -0.25) is 9.89 Å². The molecule has 6 heteroatoms. The Morgan fingerprint density at radius 1 is 1.56 bits per heavy atom. The first-order valence-corrected chi connectivity index (χ1v) is 6.09. The molecule has 2 aromatic rings. The van der Waals surface area contributed by atoms with Gasteiger partial charge in [-0.05, 0) is 26.8 Å². The number of hydrogen-bond acceptors (Lipinski definition) is 2. The fraction of sp³-hybridized carbons (Fsp3) is 0.333. The Morgan fingerprint density at radius 2 is 2.28 bits per heavy atom. The molecular weight excluding hydrogens is 252 g/mol. The molecule has 0 radical (unpaired) electrons. The zero-order valence-corrected chi connectivity index (χ0v) is 11.3. The number of aryl methyl sites for hydroxylation is 3. The summed E-state index contributed by atoms with van der Waals surface area (Å²) in [4.78, 5) is 12.2. The molecule has 0 aromatic carbocycles. The Kier molecular flexibility index (Phi) is 3.43. The van der Waals surface area contributed by atoms with Gasteiger partial charge in [-0.1, -0.05) is 11.6 Å². The van der Waals surface area contributed by atoms with Gasteiger partial charge in [-0.15, -0.1) is 0 Å². The van der Waals surface area contributed by atoms with Crippen LogP contribution in [0, 0.1) is 13.8 Å². The molecule has 2 aromatic heterocycles. The standard InChI is InChI=1S/C12H15ClN4O/c1-4-17-6-9(13)5-10(17)12(18)14-11-7(2)15-16-8(11)3/h5-6H,4H2,1-3H3,(H,14,18)(H,15,16). The van der Waals surface area contributed by atoms with Gasteiger partial charge < -0.3 is 9.88 Å². The number of rotatable bonds is 3. The van der Waals surface area contributed by atoms with Crippen molar-refractivity contribution in [2.75, 3.05) is 5.32 Å². The fourth-order valence-electron chi connectivity index (χ4n) is 1.84. The molecule has 1 amide bonds. The Labute approximate surface area is 110 Å². The molecule has 0 saturated carbocycles. The van der Waals surface area contributed by atoms with Crippen molar-refractivity contribution >= 4 is 23.2 Å². The lowest BCUT2D eigenvalue weighted by atomic mass is 10.3. The van der Waals surface area contributed by atoms with Crippen LogP contribution in [0.25, 0.3) is 0 Å². The topological polar surface area (TPSA) is 62.7 Å². The summed E-state index contributed by atoms with van der Waals surface area (Å²) < 4.78 is 1.81. The van der Waals surface area contributed by atoms with Crippen LogP contribution in [-0.2, 0) is 6.54 Å². The monoisotopic (exact) mass is 266 g/mol. The quantitative estimate of drug-likeness (QED) is 0.897. The minimum Gasteiger partial charge on any atom is -0.342 e. The molecule has 2 N–H and O–H groups in total. The van der Waals surface area contributed by atoms with Gasteiger partial charge in [0.2, 0.25) is 0 Å². The van der Waals surface area contributed by atoms with Gasteiger partial charge in [0, 0.05) is 12.7 Å². The summed E-state index contributed by atoms with van der Waals surface area (Å²) in [6.45, 7) is 6.35. The average Bonchev–Trinajstić information content (AvgIpc) is 2.86. The van der Waals surface area contributed by atoms with Crippen LogP contribution < -0.4 is 5.32 Å². The third-order valence-electron chi connectivity index (χ3n) is 2.80. The molecule has 0 fully saturated rings. The third kappa shape index (κ3) is 2.26. The number of nitrogens with zero attached hydrogens (tertiary/aromatic N) is 2. The van der Waals surface area contributed by atoms with Crippen molar-refractivity contribution in [3.8, 4) is 0 Å². The number of hydrogen-bond donors (Lipinski definition) is 2. The summed E-state index contributed by atoms with van der Waals surface area (Å²) in [6, 6.07) is 1.66. The van der Waals surface area contributed by atoms with Gasteiger partial charge >= 0.3 is 0 Å². The second-order valence-corrected chi connectivity index (χ2v) is 4.53. The lowest BCUT2D eigenvalue weighted by molar-refractivity contribution is 0.101. The molecule has 0 atom stereocenters. The highest BCUT2D eigenvalue weighted by molar-refractivity contribution is 6.31. The van der Waals surface area contributed by atoms with Crippen LogP contribution in [0.4, 0.5) is 5.69 Å². The first-order valence-electron chi connectivity index (χ1n) is 5.71. The number of halogens is 1. The van der Waals surface area contributed by atoms with Crippen LogP contribution in [0.5, 0.6) is 0 Å². The van der Waals surface area contributed by atoms with Gasteiger partial charge in [0.1, 0.15) is 5.69 Å². The molecule has 2 rings (SSSR count). The SMILES string of the molecule is CCn1cc(Cl)cc1C(=O)Nc1c(C)n[nH]c1C. The van der Waals surface area contributed by atoms with E-state index in [-0.39, 0.29) is 5.91 Å². The minimum atomic E-state index is -0.184. The number of nitrogens with one attached hydrogen (secondary N) is 2. The number of anilines is 1. The zero-order valence-electron chi connectivity index (χ0n) is 10.5. The zero-order chi connectivity index (χ0) is 13.3. The fourth-order valence-corrected chi connectivity index (χ4v) is 2.06. The lowest BCUT2D eigenvalue weighted by Gasteiger charge is -2.07. The highest BCUT2D eigenvalue weighted by Crippen LogP contribution is 2.19. The van der Waals surface area contributed by atoms with E-state index in [2.05, 4.69) is 15.5 Å². The molecule has 0 bridgehead atoms. The van der Waals surface area contributed by atoms with Gasteiger partial charge in [-0.2, -0.15) is 5.10 Å². The van der Waals surface area contributed by atoms with Crippen LogP contribution >= 0.6 is 11.6 Å². The summed E-state index contributed by atoms with van der Waals surface area (Å²) >= 11 is 5.91. The molecule has 0 aliphatic heterocycles.